The highest BCUT2D eigenvalue weighted by Crippen LogP contribution is 2.23. The Labute approximate surface area is 162 Å². The zero-order chi connectivity index (χ0) is 20.2. The van der Waals surface area contributed by atoms with Crippen molar-refractivity contribution in [1.82, 2.24) is 4.31 Å². The average molecular weight is 411 g/mol. The second kappa shape index (κ2) is 8.51. The van der Waals surface area contributed by atoms with Gasteiger partial charge in [0.05, 0.1) is 15.5 Å². The van der Waals surface area contributed by atoms with E-state index in [0.29, 0.717) is 5.69 Å². The SMILES string of the molecule is C[C@@H](OC(=O)c1cc(S(=O)(=O)N(C)C)ccc1Cl)C(=O)Nc1ccccc1. The largest absolute Gasteiger partial charge is 0.449 e. The van der Waals surface area contributed by atoms with Crippen LogP contribution in [0.25, 0.3) is 0 Å². The van der Waals surface area contributed by atoms with Crippen molar-refractivity contribution in [3.63, 3.8) is 0 Å². The van der Waals surface area contributed by atoms with Crippen molar-refractivity contribution in [3.05, 3.63) is 59.1 Å². The first-order chi connectivity index (χ1) is 12.6. The first-order valence-electron chi connectivity index (χ1n) is 7.92. The summed E-state index contributed by atoms with van der Waals surface area (Å²) >= 11 is 6.00. The molecular weight excluding hydrogens is 392 g/mol. The number of carbonyl (C=O) groups is 2. The second-order valence-corrected chi connectivity index (χ2v) is 8.39. The third kappa shape index (κ3) is 5.06. The standard InChI is InChI=1S/C18H19ClN2O5S/c1-12(17(22)20-13-7-5-4-6-8-13)26-18(23)15-11-14(9-10-16(15)19)27(24,25)21(2)3/h4-12H,1-3H3,(H,20,22)/t12-/m1/s1. The van der Waals surface area contributed by atoms with Crippen molar-refractivity contribution in [2.45, 2.75) is 17.9 Å². The van der Waals surface area contributed by atoms with E-state index in [2.05, 4.69) is 5.32 Å². The van der Waals surface area contributed by atoms with Crippen LogP contribution in [0.2, 0.25) is 5.02 Å². The number of hydrogen-bond acceptors (Lipinski definition) is 5. The van der Waals surface area contributed by atoms with E-state index in [1.54, 1.807) is 30.3 Å². The molecule has 0 bridgehead atoms. The summed E-state index contributed by atoms with van der Waals surface area (Å²) in [6.07, 6.45) is -1.11. The van der Waals surface area contributed by atoms with Gasteiger partial charge < -0.3 is 10.1 Å². The normalized spacial score (nSPS) is 12.5. The molecule has 0 radical (unpaired) electrons. The maximum absolute atomic E-state index is 12.4. The minimum Gasteiger partial charge on any atom is -0.449 e. The number of carbonyl (C=O) groups excluding carboxylic acids is 2. The molecule has 2 aromatic carbocycles. The van der Waals surface area contributed by atoms with Crippen molar-refractivity contribution in [2.75, 3.05) is 19.4 Å². The Morgan fingerprint density at radius 2 is 1.74 bits per heavy atom. The number of ether oxygens (including phenoxy) is 1. The molecular formula is C18H19ClN2O5S. The van der Waals surface area contributed by atoms with Crippen LogP contribution in [-0.2, 0) is 19.6 Å². The number of amides is 1. The van der Waals surface area contributed by atoms with Crippen molar-refractivity contribution in [3.8, 4) is 0 Å². The van der Waals surface area contributed by atoms with Gasteiger partial charge in [0, 0.05) is 19.8 Å². The van der Waals surface area contributed by atoms with Gasteiger partial charge in [-0.3, -0.25) is 4.79 Å². The monoisotopic (exact) mass is 410 g/mol. The molecule has 0 saturated heterocycles. The molecule has 0 saturated carbocycles. The van der Waals surface area contributed by atoms with Crippen LogP contribution in [0.4, 0.5) is 5.69 Å². The van der Waals surface area contributed by atoms with Gasteiger partial charge in [0.25, 0.3) is 5.91 Å². The number of benzene rings is 2. The summed E-state index contributed by atoms with van der Waals surface area (Å²) in [5.74, 6) is -1.42. The summed E-state index contributed by atoms with van der Waals surface area (Å²) in [4.78, 5) is 24.4. The minimum absolute atomic E-state index is 0.0216. The Morgan fingerprint density at radius 1 is 1.11 bits per heavy atom. The van der Waals surface area contributed by atoms with Crippen LogP contribution in [0.1, 0.15) is 17.3 Å². The lowest BCUT2D eigenvalue weighted by molar-refractivity contribution is -0.123. The van der Waals surface area contributed by atoms with E-state index in [1.165, 1.54) is 33.2 Å². The first-order valence-corrected chi connectivity index (χ1v) is 9.73. The van der Waals surface area contributed by atoms with E-state index in [-0.39, 0.29) is 15.5 Å². The molecule has 1 N–H and O–H groups in total. The molecule has 0 aromatic heterocycles. The highest BCUT2D eigenvalue weighted by Gasteiger charge is 2.24. The maximum atomic E-state index is 12.4. The number of nitrogens with one attached hydrogen (secondary N) is 1. The van der Waals surface area contributed by atoms with Crippen LogP contribution in [0.3, 0.4) is 0 Å². The zero-order valence-electron chi connectivity index (χ0n) is 15.0. The Hall–Kier alpha value is -2.42. The van der Waals surface area contributed by atoms with Crippen molar-refractivity contribution in [1.29, 1.82) is 0 Å². The second-order valence-electron chi connectivity index (χ2n) is 5.83. The quantitative estimate of drug-likeness (QED) is 0.739. The Bertz CT molecular complexity index is 945. The van der Waals surface area contributed by atoms with Gasteiger partial charge in [0.1, 0.15) is 0 Å². The van der Waals surface area contributed by atoms with E-state index < -0.39 is 28.0 Å². The lowest BCUT2D eigenvalue weighted by Gasteiger charge is -2.15. The molecule has 1 amide bonds. The van der Waals surface area contributed by atoms with Gasteiger partial charge in [0.2, 0.25) is 10.0 Å². The lowest BCUT2D eigenvalue weighted by Crippen LogP contribution is -2.30. The molecule has 0 fully saturated rings. The summed E-state index contributed by atoms with van der Waals surface area (Å²) in [5, 5.41) is 2.63. The predicted molar refractivity (Wildman–Crippen MR) is 102 cm³/mol. The van der Waals surface area contributed by atoms with Gasteiger partial charge in [-0.05, 0) is 37.3 Å². The van der Waals surface area contributed by atoms with E-state index in [0.717, 1.165) is 10.4 Å². The summed E-state index contributed by atoms with van der Waals surface area (Å²) in [7, 11) is -1.00. The Balaban J connectivity index is 2.16. The molecule has 144 valence electrons. The fraction of sp³-hybridized carbons (Fsp3) is 0.222. The van der Waals surface area contributed by atoms with Crippen LogP contribution >= 0.6 is 11.6 Å². The Kier molecular flexibility index (Phi) is 6.59. The zero-order valence-corrected chi connectivity index (χ0v) is 16.5. The molecule has 0 unspecified atom stereocenters. The summed E-state index contributed by atoms with van der Waals surface area (Å²) < 4.78 is 30.6. The molecule has 0 heterocycles. The number of anilines is 1. The number of hydrogen-bond donors (Lipinski definition) is 1. The molecule has 0 aliphatic rings. The first kappa shape index (κ1) is 20.9. The highest BCUT2D eigenvalue weighted by molar-refractivity contribution is 7.89. The van der Waals surface area contributed by atoms with E-state index in [1.807, 2.05) is 0 Å². The Morgan fingerprint density at radius 3 is 2.33 bits per heavy atom. The maximum Gasteiger partial charge on any atom is 0.340 e. The topological polar surface area (TPSA) is 92.8 Å². The summed E-state index contributed by atoms with van der Waals surface area (Å²) in [6.45, 7) is 1.41. The van der Waals surface area contributed by atoms with E-state index in [4.69, 9.17) is 16.3 Å². The summed E-state index contributed by atoms with van der Waals surface area (Å²) in [5.41, 5.74) is 0.418. The van der Waals surface area contributed by atoms with Crippen LogP contribution in [0.15, 0.2) is 53.4 Å². The molecule has 0 spiro atoms. The van der Waals surface area contributed by atoms with E-state index >= 15 is 0 Å². The molecule has 27 heavy (non-hydrogen) atoms. The van der Waals surface area contributed by atoms with Gasteiger partial charge in [-0.25, -0.2) is 17.5 Å². The lowest BCUT2D eigenvalue weighted by atomic mass is 10.2. The van der Waals surface area contributed by atoms with Gasteiger partial charge in [-0.2, -0.15) is 0 Å². The van der Waals surface area contributed by atoms with Crippen LogP contribution in [0.5, 0.6) is 0 Å². The minimum atomic E-state index is -3.75. The molecule has 0 aliphatic carbocycles. The molecule has 2 aromatic rings. The van der Waals surface area contributed by atoms with Gasteiger partial charge in [0.15, 0.2) is 6.10 Å². The number of halogens is 1. The molecule has 2 rings (SSSR count). The van der Waals surface area contributed by atoms with Crippen molar-refractivity contribution >= 4 is 39.2 Å². The van der Waals surface area contributed by atoms with Crippen LogP contribution in [-0.4, -0.2) is 44.8 Å². The number of esters is 1. The molecule has 1 atom stereocenters. The highest BCUT2D eigenvalue weighted by atomic mass is 35.5. The van der Waals surface area contributed by atoms with Crippen molar-refractivity contribution in [2.24, 2.45) is 0 Å². The summed E-state index contributed by atoms with van der Waals surface area (Å²) in [6, 6.07) is 12.4. The predicted octanol–water partition coefficient (Wildman–Crippen LogP) is 2.77. The smallest absolute Gasteiger partial charge is 0.340 e. The number of para-hydroxylation sites is 1. The fourth-order valence-electron chi connectivity index (χ4n) is 2.08. The van der Waals surface area contributed by atoms with E-state index in [9.17, 15) is 18.0 Å². The average Bonchev–Trinajstić information content (AvgIpc) is 2.62. The fourth-order valence-corrected chi connectivity index (χ4v) is 3.20. The molecule has 9 heteroatoms. The van der Waals surface area contributed by atoms with Gasteiger partial charge >= 0.3 is 5.97 Å². The third-order valence-electron chi connectivity index (χ3n) is 3.63. The molecule has 7 nitrogen and oxygen atoms in total. The van der Waals surface area contributed by atoms with Crippen LogP contribution in [0, 0.1) is 0 Å². The van der Waals surface area contributed by atoms with Gasteiger partial charge in [-0.15, -0.1) is 0 Å². The molecule has 0 aliphatic heterocycles. The third-order valence-corrected chi connectivity index (χ3v) is 5.77. The number of nitrogens with zero attached hydrogens (tertiary/aromatic N) is 1. The van der Waals surface area contributed by atoms with Gasteiger partial charge in [-0.1, -0.05) is 29.8 Å². The number of rotatable bonds is 6. The van der Waals surface area contributed by atoms with Crippen LogP contribution < -0.4 is 5.32 Å². The van der Waals surface area contributed by atoms with Crippen molar-refractivity contribution < 1.29 is 22.7 Å². The number of sulfonamides is 1.